The highest BCUT2D eigenvalue weighted by Gasteiger charge is 2.24. The van der Waals surface area contributed by atoms with Gasteiger partial charge >= 0.3 is 0 Å². The summed E-state index contributed by atoms with van der Waals surface area (Å²) < 4.78 is 7.08. The average molecular weight is 491 g/mol. The number of carbonyl (C=O) groups excluding carboxylic acids is 1. The van der Waals surface area contributed by atoms with Gasteiger partial charge in [0.1, 0.15) is 17.4 Å². The zero-order chi connectivity index (χ0) is 24.4. The SMILES string of the molecule is COc1ccc(-n2ncc3c(NC4CCC(NC(=O)c5ccc(Cl)cc5)CC4)nc(C)nc32)cc1. The highest BCUT2D eigenvalue weighted by molar-refractivity contribution is 6.30. The molecule has 0 unspecified atom stereocenters. The number of carbonyl (C=O) groups is 1. The highest BCUT2D eigenvalue weighted by atomic mass is 35.5. The summed E-state index contributed by atoms with van der Waals surface area (Å²) in [6, 6.07) is 15.1. The molecule has 8 nitrogen and oxygen atoms in total. The van der Waals surface area contributed by atoms with Crippen LogP contribution in [0.1, 0.15) is 41.9 Å². The zero-order valence-electron chi connectivity index (χ0n) is 19.7. The second-order valence-corrected chi connectivity index (χ2v) is 9.22. The van der Waals surface area contributed by atoms with Gasteiger partial charge < -0.3 is 15.4 Å². The average Bonchev–Trinajstić information content (AvgIpc) is 3.29. The Morgan fingerprint density at radius 2 is 1.69 bits per heavy atom. The first-order valence-corrected chi connectivity index (χ1v) is 12.1. The maximum Gasteiger partial charge on any atom is 0.251 e. The number of hydrogen-bond acceptors (Lipinski definition) is 6. The Morgan fingerprint density at radius 1 is 1.00 bits per heavy atom. The fourth-order valence-corrected chi connectivity index (χ4v) is 4.61. The number of aromatic nitrogens is 4. The second-order valence-electron chi connectivity index (χ2n) is 8.78. The molecule has 0 atom stereocenters. The molecule has 35 heavy (non-hydrogen) atoms. The Kier molecular flexibility index (Phi) is 6.55. The number of benzene rings is 2. The number of rotatable bonds is 6. The summed E-state index contributed by atoms with van der Waals surface area (Å²) in [5.41, 5.74) is 2.29. The highest BCUT2D eigenvalue weighted by Crippen LogP contribution is 2.27. The quantitative estimate of drug-likeness (QED) is 0.397. The summed E-state index contributed by atoms with van der Waals surface area (Å²) >= 11 is 5.92. The van der Waals surface area contributed by atoms with Gasteiger partial charge in [0.05, 0.1) is 24.4 Å². The van der Waals surface area contributed by atoms with Crippen LogP contribution in [0.25, 0.3) is 16.7 Å². The maximum atomic E-state index is 12.5. The van der Waals surface area contributed by atoms with E-state index in [1.54, 1.807) is 37.6 Å². The summed E-state index contributed by atoms with van der Waals surface area (Å²) in [7, 11) is 1.65. The Hall–Kier alpha value is -3.65. The molecule has 5 rings (SSSR count). The van der Waals surface area contributed by atoms with Crippen molar-refractivity contribution in [3.05, 3.63) is 71.1 Å². The van der Waals surface area contributed by atoms with Crippen molar-refractivity contribution in [2.24, 2.45) is 0 Å². The summed E-state index contributed by atoms with van der Waals surface area (Å²) in [5, 5.41) is 12.8. The van der Waals surface area contributed by atoms with E-state index in [-0.39, 0.29) is 18.0 Å². The van der Waals surface area contributed by atoms with E-state index in [1.807, 2.05) is 35.9 Å². The number of amides is 1. The molecule has 1 aliphatic rings. The molecular weight excluding hydrogens is 464 g/mol. The summed E-state index contributed by atoms with van der Waals surface area (Å²) in [6.07, 6.45) is 5.47. The Balaban J connectivity index is 1.26. The van der Waals surface area contributed by atoms with Crippen LogP contribution in [0.5, 0.6) is 5.75 Å². The van der Waals surface area contributed by atoms with E-state index in [2.05, 4.69) is 25.7 Å². The summed E-state index contributed by atoms with van der Waals surface area (Å²) in [6.45, 7) is 1.89. The molecule has 2 N–H and O–H groups in total. The smallest absolute Gasteiger partial charge is 0.251 e. The van der Waals surface area contributed by atoms with Gasteiger partial charge in [0.25, 0.3) is 5.91 Å². The first-order chi connectivity index (χ1) is 17.0. The number of fused-ring (bicyclic) bond motifs is 1. The number of aryl methyl sites for hydroxylation is 1. The van der Waals surface area contributed by atoms with Gasteiger partial charge in [-0.3, -0.25) is 4.79 Å². The third-order valence-corrected chi connectivity index (χ3v) is 6.62. The largest absolute Gasteiger partial charge is 0.497 e. The van der Waals surface area contributed by atoms with Crippen LogP contribution >= 0.6 is 11.6 Å². The number of hydrogen-bond donors (Lipinski definition) is 2. The lowest BCUT2D eigenvalue weighted by Crippen LogP contribution is -2.40. The molecule has 1 fully saturated rings. The van der Waals surface area contributed by atoms with E-state index in [0.29, 0.717) is 16.4 Å². The normalized spacial score (nSPS) is 17.8. The van der Waals surface area contributed by atoms with Gasteiger partial charge in [0, 0.05) is 22.7 Å². The lowest BCUT2D eigenvalue weighted by molar-refractivity contribution is 0.0926. The minimum absolute atomic E-state index is 0.0582. The molecule has 4 aromatic rings. The molecule has 2 heterocycles. The molecule has 0 aliphatic heterocycles. The van der Waals surface area contributed by atoms with Crippen molar-refractivity contribution >= 4 is 34.4 Å². The molecule has 1 aliphatic carbocycles. The Bertz CT molecular complexity index is 1330. The minimum Gasteiger partial charge on any atom is -0.497 e. The number of ether oxygens (including phenoxy) is 1. The predicted octanol–water partition coefficient (Wildman–Crippen LogP) is 4.94. The third-order valence-electron chi connectivity index (χ3n) is 6.37. The van der Waals surface area contributed by atoms with Crippen LogP contribution in [0.4, 0.5) is 5.82 Å². The predicted molar refractivity (Wildman–Crippen MR) is 137 cm³/mol. The first kappa shape index (κ1) is 23.1. The monoisotopic (exact) mass is 490 g/mol. The van der Waals surface area contributed by atoms with E-state index in [9.17, 15) is 4.79 Å². The number of anilines is 1. The molecule has 1 amide bonds. The Labute approximate surface area is 208 Å². The van der Waals surface area contributed by atoms with E-state index in [0.717, 1.165) is 54.0 Å². The fourth-order valence-electron chi connectivity index (χ4n) is 4.48. The number of nitrogens with one attached hydrogen (secondary N) is 2. The lowest BCUT2D eigenvalue weighted by atomic mass is 9.91. The van der Waals surface area contributed by atoms with E-state index in [4.69, 9.17) is 16.3 Å². The van der Waals surface area contributed by atoms with Crippen LogP contribution in [-0.2, 0) is 0 Å². The van der Waals surface area contributed by atoms with Crippen molar-refractivity contribution in [2.45, 2.75) is 44.7 Å². The maximum absolute atomic E-state index is 12.5. The topological polar surface area (TPSA) is 94.0 Å². The van der Waals surface area contributed by atoms with Crippen LogP contribution in [0.15, 0.2) is 54.7 Å². The third kappa shape index (κ3) is 5.07. The van der Waals surface area contributed by atoms with Crippen molar-refractivity contribution in [1.29, 1.82) is 0 Å². The van der Waals surface area contributed by atoms with Crippen LogP contribution in [0.3, 0.4) is 0 Å². The van der Waals surface area contributed by atoms with E-state index < -0.39 is 0 Å². The lowest BCUT2D eigenvalue weighted by Gasteiger charge is -2.30. The van der Waals surface area contributed by atoms with Crippen molar-refractivity contribution in [3.63, 3.8) is 0 Å². The molecule has 1 saturated carbocycles. The van der Waals surface area contributed by atoms with Gasteiger partial charge in [-0.15, -0.1) is 0 Å². The van der Waals surface area contributed by atoms with Crippen molar-refractivity contribution in [2.75, 3.05) is 12.4 Å². The minimum atomic E-state index is -0.0582. The van der Waals surface area contributed by atoms with E-state index >= 15 is 0 Å². The molecule has 2 aromatic carbocycles. The molecule has 0 saturated heterocycles. The molecule has 0 radical (unpaired) electrons. The van der Waals surface area contributed by atoms with E-state index in [1.165, 1.54) is 0 Å². The van der Waals surface area contributed by atoms with Crippen LogP contribution in [-0.4, -0.2) is 44.8 Å². The van der Waals surface area contributed by atoms with Gasteiger partial charge in [-0.1, -0.05) is 11.6 Å². The standard InChI is InChI=1S/C26H27ClN6O2/c1-16-29-24(23-15-28-33(25(23)30-16)21-11-13-22(35-2)14-12-21)31-19-7-9-20(10-8-19)32-26(34)17-3-5-18(27)6-4-17/h3-6,11-15,19-20H,7-10H2,1-2H3,(H,32,34)(H,29,30,31). The van der Waals surface area contributed by atoms with Gasteiger partial charge in [0.2, 0.25) is 0 Å². The number of nitrogens with zero attached hydrogens (tertiary/aromatic N) is 4. The van der Waals surface area contributed by atoms with Gasteiger partial charge in [0.15, 0.2) is 5.65 Å². The zero-order valence-corrected chi connectivity index (χ0v) is 20.4. The Morgan fingerprint density at radius 3 is 2.37 bits per heavy atom. The molecule has 0 spiro atoms. The molecule has 0 bridgehead atoms. The van der Waals surface area contributed by atoms with Crippen LogP contribution in [0, 0.1) is 6.92 Å². The number of methoxy groups -OCH3 is 1. The van der Waals surface area contributed by atoms with Crippen molar-refractivity contribution in [1.82, 2.24) is 25.1 Å². The van der Waals surface area contributed by atoms with Gasteiger partial charge in [-0.25, -0.2) is 14.6 Å². The summed E-state index contributed by atoms with van der Waals surface area (Å²) in [4.78, 5) is 21.9. The summed E-state index contributed by atoms with van der Waals surface area (Å²) in [5.74, 6) is 2.20. The number of halogens is 1. The molecular formula is C26H27ClN6O2. The molecule has 180 valence electrons. The van der Waals surface area contributed by atoms with Gasteiger partial charge in [-0.2, -0.15) is 5.10 Å². The second kappa shape index (κ2) is 9.92. The first-order valence-electron chi connectivity index (χ1n) is 11.7. The van der Waals surface area contributed by atoms with Crippen molar-refractivity contribution in [3.8, 4) is 11.4 Å². The molecule has 9 heteroatoms. The fraction of sp³-hybridized carbons (Fsp3) is 0.308. The van der Waals surface area contributed by atoms with Crippen LogP contribution in [0.2, 0.25) is 5.02 Å². The van der Waals surface area contributed by atoms with Crippen LogP contribution < -0.4 is 15.4 Å². The molecule has 2 aromatic heterocycles. The van der Waals surface area contributed by atoms with Crippen molar-refractivity contribution < 1.29 is 9.53 Å². The van der Waals surface area contributed by atoms with Gasteiger partial charge in [-0.05, 0) is 81.1 Å².